The molecule has 2 unspecified atom stereocenters. The Balaban J connectivity index is 1.61. The third-order valence-electron chi connectivity index (χ3n) is 5.63. The van der Waals surface area contributed by atoms with Crippen molar-refractivity contribution in [2.75, 3.05) is 43.0 Å². The Hall–Kier alpha value is -1.60. The molecule has 0 aromatic heterocycles. The predicted molar refractivity (Wildman–Crippen MR) is 121 cm³/mol. The van der Waals surface area contributed by atoms with Crippen LogP contribution in [0, 0.1) is 6.92 Å². The molecule has 1 heterocycles. The largest absolute Gasteiger partial charge is 0.314 e. The summed E-state index contributed by atoms with van der Waals surface area (Å²) in [4.78, 5) is 2.31. The van der Waals surface area contributed by atoms with E-state index in [0.29, 0.717) is 24.0 Å². The number of rotatable bonds is 8. The van der Waals surface area contributed by atoms with Crippen LogP contribution in [0.3, 0.4) is 0 Å². The standard InChI is InChI=1S/C22H30ClN3O2S/c1-17-5-3-4-6-21(17)19(15-23)11-14-29(27,28)25-20-9-7-18(8-10-20)22-16-24-12-13-26(22)2/h3-10,19,22,24-25H,11-16H2,1-2H3. The lowest BCUT2D eigenvalue weighted by Gasteiger charge is -2.33. The fraction of sp³-hybridized carbons (Fsp3) is 0.455. The number of likely N-dealkylation sites (N-methyl/N-ethyl adjacent to an activating group) is 1. The highest BCUT2D eigenvalue weighted by molar-refractivity contribution is 7.92. The summed E-state index contributed by atoms with van der Waals surface area (Å²) >= 11 is 6.14. The Labute approximate surface area is 179 Å². The molecular weight excluding hydrogens is 406 g/mol. The van der Waals surface area contributed by atoms with E-state index in [4.69, 9.17) is 11.6 Å². The number of benzene rings is 2. The van der Waals surface area contributed by atoms with Crippen molar-refractivity contribution in [3.8, 4) is 0 Å². The molecule has 1 aliphatic heterocycles. The molecular formula is C22H30ClN3O2S. The second-order valence-corrected chi connectivity index (χ2v) is 9.89. The van der Waals surface area contributed by atoms with Gasteiger partial charge in [0.15, 0.2) is 0 Å². The van der Waals surface area contributed by atoms with Crippen molar-refractivity contribution in [1.29, 1.82) is 0 Å². The molecule has 1 fully saturated rings. The number of nitrogens with zero attached hydrogens (tertiary/aromatic N) is 1. The van der Waals surface area contributed by atoms with Crippen molar-refractivity contribution in [3.63, 3.8) is 0 Å². The van der Waals surface area contributed by atoms with Crippen LogP contribution in [0.4, 0.5) is 5.69 Å². The van der Waals surface area contributed by atoms with Gasteiger partial charge in [0.2, 0.25) is 10.0 Å². The monoisotopic (exact) mass is 435 g/mol. The number of hydrogen-bond donors (Lipinski definition) is 2. The first kappa shape index (κ1) is 22.1. The number of anilines is 1. The van der Waals surface area contributed by atoms with Gasteiger partial charge in [-0.15, -0.1) is 11.6 Å². The maximum atomic E-state index is 12.6. The Kier molecular flexibility index (Phi) is 7.57. The van der Waals surface area contributed by atoms with Gasteiger partial charge in [-0.2, -0.15) is 0 Å². The minimum Gasteiger partial charge on any atom is -0.314 e. The summed E-state index contributed by atoms with van der Waals surface area (Å²) in [6.45, 7) is 4.93. The van der Waals surface area contributed by atoms with Gasteiger partial charge in [-0.25, -0.2) is 8.42 Å². The lowest BCUT2D eigenvalue weighted by atomic mass is 9.94. The smallest absolute Gasteiger partial charge is 0.232 e. The fourth-order valence-corrected chi connectivity index (χ4v) is 5.35. The lowest BCUT2D eigenvalue weighted by Crippen LogP contribution is -2.43. The van der Waals surface area contributed by atoms with Gasteiger partial charge in [-0.1, -0.05) is 36.4 Å². The molecule has 0 spiro atoms. The number of sulfonamides is 1. The van der Waals surface area contributed by atoms with Gasteiger partial charge in [0, 0.05) is 37.2 Å². The maximum absolute atomic E-state index is 12.6. The Morgan fingerprint density at radius 1 is 1.21 bits per heavy atom. The Morgan fingerprint density at radius 3 is 2.59 bits per heavy atom. The van der Waals surface area contributed by atoms with Crippen LogP contribution in [0.5, 0.6) is 0 Å². The van der Waals surface area contributed by atoms with Crippen LogP contribution in [0.25, 0.3) is 0 Å². The van der Waals surface area contributed by atoms with Crippen LogP contribution < -0.4 is 10.0 Å². The molecule has 2 N–H and O–H groups in total. The van der Waals surface area contributed by atoms with E-state index in [2.05, 4.69) is 22.0 Å². The summed E-state index contributed by atoms with van der Waals surface area (Å²) in [7, 11) is -1.33. The molecule has 0 bridgehead atoms. The molecule has 7 heteroatoms. The molecule has 0 radical (unpaired) electrons. The molecule has 0 saturated carbocycles. The van der Waals surface area contributed by atoms with Gasteiger partial charge in [-0.3, -0.25) is 9.62 Å². The van der Waals surface area contributed by atoms with Gasteiger partial charge in [-0.05, 0) is 55.1 Å². The second-order valence-electron chi connectivity index (χ2n) is 7.74. The summed E-state index contributed by atoms with van der Waals surface area (Å²) < 4.78 is 27.9. The van der Waals surface area contributed by atoms with E-state index in [9.17, 15) is 8.42 Å². The van der Waals surface area contributed by atoms with Gasteiger partial charge in [0.1, 0.15) is 0 Å². The number of aryl methyl sites for hydroxylation is 1. The third kappa shape index (κ3) is 5.95. The molecule has 0 amide bonds. The third-order valence-corrected chi connectivity index (χ3v) is 7.32. The van der Waals surface area contributed by atoms with Crippen LogP contribution in [-0.4, -0.2) is 51.6 Å². The molecule has 158 valence electrons. The van der Waals surface area contributed by atoms with Crippen LogP contribution in [0.15, 0.2) is 48.5 Å². The summed E-state index contributed by atoms with van der Waals surface area (Å²) in [6.07, 6.45) is 0.486. The van der Waals surface area contributed by atoms with E-state index in [1.807, 2.05) is 55.5 Å². The Morgan fingerprint density at radius 2 is 1.93 bits per heavy atom. The summed E-state index contributed by atoms with van der Waals surface area (Å²) in [5.41, 5.74) is 4.04. The van der Waals surface area contributed by atoms with Gasteiger partial charge in [0.05, 0.1) is 5.75 Å². The average Bonchev–Trinajstić information content (AvgIpc) is 2.70. The first-order chi connectivity index (χ1) is 13.9. The van der Waals surface area contributed by atoms with E-state index < -0.39 is 10.0 Å². The Bertz CT molecular complexity index is 903. The molecule has 1 saturated heterocycles. The number of hydrogen-bond acceptors (Lipinski definition) is 4. The zero-order chi connectivity index (χ0) is 20.9. The normalized spacial score (nSPS) is 19.1. The molecule has 5 nitrogen and oxygen atoms in total. The van der Waals surface area contributed by atoms with E-state index in [1.54, 1.807) is 0 Å². The van der Waals surface area contributed by atoms with E-state index in [0.717, 1.165) is 30.8 Å². The van der Waals surface area contributed by atoms with Crippen LogP contribution in [0.1, 0.15) is 35.1 Å². The van der Waals surface area contributed by atoms with Crippen molar-refractivity contribution >= 4 is 27.3 Å². The molecule has 2 aromatic rings. The van der Waals surface area contributed by atoms with Gasteiger partial charge >= 0.3 is 0 Å². The van der Waals surface area contributed by atoms with Gasteiger partial charge < -0.3 is 5.32 Å². The molecule has 2 atom stereocenters. The number of alkyl halides is 1. The van der Waals surface area contributed by atoms with Gasteiger partial charge in [0.25, 0.3) is 0 Å². The minimum atomic E-state index is -3.44. The minimum absolute atomic E-state index is 0.0196. The molecule has 29 heavy (non-hydrogen) atoms. The summed E-state index contributed by atoms with van der Waals surface area (Å²) in [5.74, 6) is 0.458. The van der Waals surface area contributed by atoms with E-state index in [1.165, 1.54) is 5.56 Å². The predicted octanol–water partition coefficient (Wildman–Crippen LogP) is 3.73. The maximum Gasteiger partial charge on any atom is 0.232 e. The molecule has 2 aromatic carbocycles. The van der Waals surface area contributed by atoms with Crippen LogP contribution in [-0.2, 0) is 10.0 Å². The quantitative estimate of drug-likeness (QED) is 0.620. The first-order valence-electron chi connectivity index (χ1n) is 10.0. The number of halogens is 1. The van der Waals surface area contributed by atoms with Crippen molar-refractivity contribution < 1.29 is 8.42 Å². The van der Waals surface area contributed by atoms with Crippen LogP contribution in [0.2, 0.25) is 0 Å². The zero-order valence-electron chi connectivity index (χ0n) is 17.1. The van der Waals surface area contributed by atoms with Crippen molar-refractivity contribution in [3.05, 3.63) is 65.2 Å². The fourth-order valence-electron chi connectivity index (χ4n) is 3.84. The van der Waals surface area contributed by atoms with E-state index >= 15 is 0 Å². The number of nitrogens with one attached hydrogen (secondary N) is 2. The van der Waals surface area contributed by atoms with E-state index in [-0.39, 0.29) is 11.7 Å². The molecule has 1 aliphatic rings. The van der Waals surface area contributed by atoms with Crippen molar-refractivity contribution in [1.82, 2.24) is 10.2 Å². The number of piperazine rings is 1. The zero-order valence-corrected chi connectivity index (χ0v) is 18.6. The average molecular weight is 436 g/mol. The lowest BCUT2D eigenvalue weighted by molar-refractivity contribution is 0.202. The highest BCUT2D eigenvalue weighted by Crippen LogP contribution is 2.26. The SMILES string of the molecule is Cc1ccccc1C(CCl)CCS(=O)(=O)Nc1ccc(C2CNCCN2C)cc1. The van der Waals surface area contributed by atoms with Crippen molar-refractivity contribution in [2.24, 2.45) is 0 Å². The first-order valence-corrected chi connectivity index (χ1v) is 12.2. The highest BCUT2D eigenvalue weighted by atomic mass is 35.5. The summed E-state index contributed by atoms with van der Waals surface area (Å²) in [5, 5.41) is 3.40. The topological polar surface area (TPSA) is 61.4 Å². The van der Waals surface area contributed by atoms with Crippen molar-refractivity contribution in [2.45, 2.75) is 25.3 Å². The summed E-state index contributed by atoms with van der Waals surface area (Å²) in [6, 6.07) is 16.0. The molecule has 0 aliphatic carbocycles. The highest BCUT2D eigenvalue weighted by Gasteiger charge is 2.21. The molecule has 3 rings (SSSR count). The van der Waals surface area contributed by atoms with Crippen LogP contribution >= 0.6 is 11.6 Å². The second kappa shape index (κ2) is 9.94.